The average Bonchev–Trinajstić information content (AvgIpc) is 3.36. The lowest BCUT2D eigenvalue weighted by Crippen LogP contribution is -2.23. The molecule has 0 radical (unpaired) electrons. The Balaban J connectivity index is 1.32. The first-order valence-electron chi connectivity index (χ1n) is 9.73. The number of carbonyl (C=O) groups is 2. The molecule has 0 atom stereocenters. The van der Waals surface area contributed by atoms with Crippen LogP contribution in [-0.2, 0) is 16.6 Å². The molecular weight excluding hydrogens is 396 g/mol. The van der Waals surface area contributed by atoms with Crippen molar-refractivity contribution in [1.29, 1.82) is 0 Å². The number of hydrogen-bond acceptors (Lipinski definition) is 4. The molecule has 1 aliphatic rings. The molecule has 0 saturated carbocycles. The summed E-state index contributed by atoms with van der Waals surface area (Å²) in [6.07, 6.45) is 8.46. The highest BCUT2D eigenvalue weighted by atomic mass is 32.2. The van der Waals surface area contributed by atoms with Gasteiger partial charge in [-0.2, -0.15) is 0 Å². The normalized spacial score (nSPS) is 13.9. The molecule has 0 spiro atoms. The Morgan fingerprint density at radius 1 is 1.13 bits per heavy atom. The lowest BCUT2D eigenvalue weighted by atomic mass is 10.2. The molecule has 1 N–H and O–H groups in total. The van der Waals surface area contributed by atoms with E-state index in [0.29, 0.717) is 6.42 Å². The molecule has 1 saturated heterocycles. The van der Waals surface area contributed by atoms with E-state index in [2.05, 4.69) is 10.3 Å². The van der Waals surface area contributed by atoms with Gasteiger partial charge in [0.15, 0.2) is 5.16 Å². The van der Waals surface area contributed by atoms with Crippen LogP contribution in [0.15, 0.2) is 77.1 Å². The molecule has 4 rings (SSSR count). The number of imidazole rings is 1. The average molecular weight is 419 g/mol. The number of carbonyl (C=O) groups excluding carboxylic acids is 2. The molecule has 3 aromatic rings. The second-order valence-electron chi connectivity index (χ2n) is 7.01. The fraction of sp³-hybridized carbons (Fsp3) is 0.174. The Labute approximate surface area is 179 Å². The van der Waals surface area contributed by atoms with Crippen LogP contribution in [0.2, 0.25) is 0 Å². The van der Waals surface area contributed by atoms with Gasteiger partial charge < -0.3 is 14.8 Å². The van der Waals surface area contributed by atoms with Crippen molar-refractivity contribution in [3.63, 3.8) is 0 Å². The maximum Gasteiger partial charge on any atom is 0.248 e. The second kappa shape index (κ2) is 9.00. The predicted molar refractivity (Wildman–Crippen MR) is 119 cm³/mol. The maximum absolute atomic E-state index is 12.2. The fourth-order valence-electron chi connectivity index (χ4n) is 3.20. The first kappa shape index (κ1) is 20.0. The van der Waals surface area contributed by atoms with Crippen LogP contribution in [0.25, 0.3) is 6.08 Å². The van der Waals surface area contributed by atoms with E-state index in [-0.39, 0.29) is 11.8 Å². The third-order valence-electron chi connectivity index (χ3n) is 4.81. The molecule has 1 aliphatic heterocycles. The summed E-state index contributed by atoms with van der Waals surface area (Å²) in [5.74, 6) is -0.0275. The zero-order valence-electron chi connectivity index (χ0n) is 16.6. The monoisotopic (exact) mass is 418 g/mol. The third-order valence-corrected chi connectivity index (χ3v) is 5.90. The number of nitrogens with one attached hydrogen (secondary N) is 1. The van der Waals surface area contributed by atoms with Crippen LogP contribution < -0.4 is 10.2 Å². The van der Waals surface area contributed by atoms with Crippen LogP contribution in [0.4, 0.5) is 11.4 Å². The van der Waals surface area contributed by atoms with Crippen molar-refractivity contribution < 1.29 is 9.59 Å². The summed E-state index contributed by atoms with van der Waals surface area (Å²) in [6.45, 7) is 0.773. The molecule has 2 aromatic carbocycles. The summed E-state index contributed by atoms with van der Waals surface area (Å²) in [6, 6.07) is 15.3. The molecule has 2 heterocycles. The van der Waals surface area contributed by atoms with Crippen molar-refractivity contribution in [2.24, 2.45) is 7.05 Å². The Bertz CT molecular complexity index is 1070. The Morgan fingerprint density at radius 3 is 2.53 bits per heavy atom. The van der Waals surface area contributed by atoms with Crippen molar-refractivity contribution in [1.82, 2.24) is 9.55 Å². The van der Waals surface area contributed by atoms with E-state index in [1.807, 2.05) is 66.3 Å². The van der Waals surface area contributed by atoms with Gasteiger partial charge in [-0.25, -0.2) is 4.98 Å². The lowest BCUT2D eigenvalue weighted by Gasteiger charge is -2.15. The molecule has 0 aliphatic carbocycles. The molecule has 0 bridgehead atoms. The van der Waals surface area contributed by atoms with Gasteiger partial charge in [-0.15, -0.1) is 0 Å². The van der Waals surface area contributed by atoms with Crippen LogP contribution in [0.5, 0.6) is 0 Å². The number of amides is 2. The summed E-state index contributed by atoms with van der Waals surface area (Å²) < 4.78 is 1.96. The summed E-state index contributed by atoms with van der Waals surface area (Å²) >= 11 is 1.57. The van der Waals surface area contributed by atoms with Crippen molar-refractivity contribution in [2.75, 3.05) is 16.8 Å². The minimum atomic E-state index is -0.196. The van der Waals surface area contributed by atoms with Gasteiger partial charge in [-0.3, -0.25) is 9.59 Å². The minimum Gasteiger partial charge on any atom is -0.329 e. The maximum atomic E-state index is 12.2. The van der Waals surface area contributed by atoms with Crippen LogP contribution in [0.1, 0.15) is 18.4 Å². The molecule has 0 unspecified atom stereocenters. The zero-order valence-corrected chi connectivity index (χ0v) is 17.4. The number of aromatic nitrogens is 2. The summed E-state index contributed by atoms with van der Waals surface area (Å²) in [4.78, 5) is 31.2. The van der Waals surface area contributed by atoms with Crippen molar-refractivity contribution >= 4 is 41.0 Å². The molecule has 30 heavy (non-hydrogen) atoms. The van der Waals surface area contributed by atoms with E-state index in [1.165, 1.54) is 6.08 Å². The SMILES string of the molecule is Cn1ccnc1Sc1ccc(NC(=O)/C=C/c2ccc(N3CCCC3=O)cc2)cc1. The number of anilines is 2. The number of benzene rings is 2. The molecule has 1 fully saturated rings. The van der Waals surface area contributed by atoms with Gasteiger partial charge in [-0.1, -0.05) is 23.9 Å². The first-order chi connectivity index (χ1) is 14.6. The topological polar surface area (TPSA) is 67.2 Å². The van der Waals surface area contributed by atoms with E-state index < -0.39 is 0 Å². The third kappa shape index (κ3) is 4.80. The van der Waals surface area contributed by atoms with Gasteiger partial charge in [0.2, 0.25) is 11.8 Å². The number of rotatable bonds is 6. The van der Waals surface area contributed by atoms with Crippen molar-refractivity contribution in [2.45, 2.75) is 22.9 Å². The first-order valence-corrected chi connectivity index (χ1v) is 10.5. The molecule has 6 nitrogen and oxygen atoms in total. The van der Waals surface area contributed by atoms with Gasteiger partial charge in [0.1, 0.15) is 0 Å². The van der Waals surface area contributed by atoms with Crippen molar-refractivity contribution in [3.8, 4) is 0 Å². The number of aryl methyl sites for hydroxylation is 1. The van der Waals surface area contributed by atoms with Crippen molar-refractivity contribution in [3.05, 3.63) is 72.6 Å². The van der Waals surface area contributed by atoms with Gasteiger partial charge >= 0.3 is 0 Å². The Hall–Kier alpha value is -3.32. The predicted octanol–water partition coefficient (Wildman–Crippen LogP) is 4.35. The zero-order chi connectivity index (χ0) is 20.9. The van der Waals surface area contributed by atoms with E-state index >= 15 is 0 Å². The smallest absolute Gasteiger partial charge is 0.248 e. The second-order valence-corrected chi connectivity index (χ2v) is 8.05. The van der Waals surface area contributed by atoms with E-state index in [9.17, 15) is 9.59 Å². The van der Waals surface area contributed by atoms with Gasteiger partial charge in [0, 0.05) is 54.8 Å². The van der Waals surface area contributed by atoms with Crippen LogP contribution in [0, 0.1) is 0 Å². The molecular formula is C23H22N4O2S. The van der Waals surface area contributed by atoms with E-state index in [4.69, 9.17) is 0 Å². The van der Waals surface area contributed by atoms with Crippen LogP contribution >= 0.6 is 11.8 Å². The molecule has 2 amide bonds. The van der Waals surface area contributed by atoms with Gasteiger partial charge in [-0.05, 0) is 54.5 Å². The molecule has 152 valence electrons. The Kier molecular flexibility index (Phi) is 5.99. The number of nitrogens with zero attached hydrogens (tertiary/aromatic N) is 3. The van der Waals surface area contributed by atoms with E-state index in [1.54, 1.807) is 28.9 Å². The van der Waals surface area contributed by atoms with Crippen LogP contribution in [-0.4, -0.2) is 27.9 Å². The van der Waals surface area contributed by atoms with Gasteiger partial charge in [0.05, 0.1) is 0 Å². The lowest BCUT2D eigenvalue weighted by molar-refractivity contribution is -0.117. The summed E-state index contributed by atoms with van der Waals surface area (Å²) in [5.41, 5.74) is 2.54. The Morgan fingerprint density at radius 2 is 1.90 bits per heavy atom. The summed E-state index contributed by atoms with van der Waals surface area (Å²) in [5, 5.41) is 3.77. The standard InChI is InChI=1S/C23H22N4O2S/c1-26-16-14-24-23(26)30-20-11-7-18(8-12-20)25-21(28)13-6-17-4-9-19(10-5-17)27-15-2-3-22(27)29/h4-14,16H,2-3,15H2,1H3,(H,25,28)/b13-6+. The highest BCUT2D eigenvalue weighted by molar-refractivity contribution is 7.99. The highest BCUT2D eigenvalue weighted by Crippen LogP contribution is 2.27. The largest absolute Gasteiger partial charge is 0.329 e. The molecule has 7 heteroatoms. The van der Waals surface area contributed by atoms with E-state index in [0.717, 1.165) is 40.0 Å². The highest BCUT2D eigenvalue weighted by Gasteiger charge is 2.21. The fourth-order valence-corrected chi connectivity index (χ4v) is 4.01. The quantitative estimate of drug-likeness (QED) is 0.605. The minimum absolute atomic E-state index is 0.169. The molecule has 1 aromatic heterocycles. The summed E-state index contributed by atoms with van der Waals surface area (Å²) in [7, 11) is 1.95. The van der Waals surface area contributed by atoms with Crippen LogP contribution in [0.3, 0.4) is 0 Å². The number of hydrogen-bond donors (Lipinski definition) is 1. The van der Waals surface area contributed by atoms with Gasteiger partial charge in [0.25, 0.3) is 0 Å².